The zero-order valence-corrected chi connectivity index (χ0v) is 13.8. The zero-order valence-electron chi connectivity index (χ0n) is 12.2. The van der Waals surface area contributed by atoms with Gasteiger partial charge in [0.2, 0.25) is 10.0 Å². The Labute approximate surface area is 134 Å². The number of hydrogen-bond donors (Lipinski definition) is 2. The van der Waals surface area contributed by atoms with E-state index in [1.54, 1.807) is 0 Å². The van der Waals surface area contributed by atoms with Crippen molar-refractivity contribution in [2.75, 3.05) is 6.54 Å². The standard InChI is InChI=1S/C12H18FN3O4S.ClH/c1-8(2)3-10(7-14)15-21(19,20)12-5-9(13)4-11(6-12)16(17)18;/h4-6,8,10,15H,3,7,14H2,1-2H3;1H. The van der Waals surface area contributed by atoms with Crippen molar-refractivity contribution in [3.05, 3.63) is 34.1 Å². The number of benzene rings is 1. The van der Waals surface area contributed by atoms with Crippen LogP contribution in [0.5, 0.6) is 0 Å². The van der Waals surface area contributed by atoms with Crippen molar-refractivity contribution < 1.29 is 17.7 Å². The average molecular weight is 356 g/mol. The summed E-state index contributed by atoms with van der Waals surface area (Å²) < 4.78 is 40.0. The van der Waals surface area contributed by atoms with Crippen LogP contribution in [0.2, 0.25) is 0 Å². The Bertz CT molecular complexity index is 625. The molecule has 0 spiro atoms. The fraction of sp³-hybridized carbons (Fsp3) is 0.500. The lowest BCUT2D eigenvalue weighted by atomic mass is 10.1. The van der Waals surface area contributed by atoms with E-state index in [2.05, 4.69) is 4.72 Å². The number of nitrogens with one attached hydrogen (secondary N) is 1. The number of rotatable bonds is 7. The number of halogens is 2. The topological polar surface area (TPSA) is 115 Å². The van der Waals surface area contributed by atoms with Gasteiger partial charge >= 0.3 is 0 Å². The molecular weight excluding hydrogens is 337 g/mol. The summed E-state index contributed by atoms with van der Waals surface area (Å²) in [6.45, 7) is 3.89. The lowest BCUT2D eigenvalue weighted by Gasteiger charge is -2.18. The van der Waals surface area contributed by atoms with Crippen LogP contribution in [0, 0.1) is 21.8 Å². The average Bonchev–Trinajstić information content (AvgIpc) is 2.36. The minimum Gasteiger partial charge on any atom is -0.329 e. The third-order valence-electron chi connectivity index (χ3n) is 2.74. The molecule has 1 aromatic rings. The number of sulfonamides is 1. The van der Waals surface area contributed by atoms with Crippen LogP contribution in [0.1, 0.15) is 20.3 Å². The molecule has 10 heteroatoms. The Morgan fingerprint density at radius 1 is 1.36 bits per heavy atom. The summed E-state index contributed by atoms with van der Waals surface area (Å²) in [7, 11) is -4.07. The van der Waals surface area contributed by atoms with Crippen LogP contribution in [0.25, 0.3) is 0 Å². The lowest BCUT2D eigenvalue weighted by Crippen LogP contribution is -2.41. The van der Waals surface area contributed by atoms with Crippen molar-refractivity contribution in [1.29, 1.82) is 0 Å². The molecule has 0 saturated heterocycles. The Balaban J connectivity index is 0.00000441. The minimum absolute atomic E-state index is 0. The molecule has 7 nitrogen and oxygen atoms in total. The van der Waals surface area contributed by atoms with Crippen molar-refractivity contribution in [2.24, 2.45) is 11.7 Å². The van der Waals surface area contributed by atoms with Crippen LogP contribution in [-0.2, 0) is 10.0 Å². The van der Waals surface area contributed by atoms with Crippen LogP contribution < -0.4 is 10.5 Å². The molecule has 0 fully saturated rings. The molecule has 0 amide bonds. The van der Waals surface area contributed by atoms with Gasteiger partial charge in [0.25, 0.3) is 5.69 Å². The Kier molecular flexibility index (Phi) is 7.88. The first-order valence-electron chi connectivity index (χ1n) is 6.33. The van der Waals surface area contributed by atoms with E-state index in [1.165, 1.54) is 0 Å². The number of nitrogens with zero attached hydrogens (tertiary/aromatic N) is 1. The van der Waals surface area contributed by atoms with Crippen molar-refractivity contribution in [1.82, 2.24) is 4.72 Å². The number of non-ortho nitro benzene ring substituents is 1. The first-order valence-corrected chi connectivity index (χ1v) is 7.81. The molecule has 0 aromatic heterocycles. The van der Waals surface area contributed by atoms with Gasteiger partial charge in [0.15, 0.2) is 0 Å². The highest BCUT2D eigenvalue weighted by Crippen LogP contribution is 2.20. The molecule has 1 aromatic carbocycles. The fourth-order valence-corrected chi connectivity index (χ4v) is 3.17. The maximum absolute atomic E-state index is 13.3. The Morgan fingerprint density at radius 2 is 1.95 bits per heavy atom. The van der Waals surface area contributed by atoms with E-state index >= 15 is 0 Å². The molecule has 0 saturated carbocycles. The number of nitro benzene ring substituents is 1. The quantitative estimate of drug-likeness (QED) is 0.571. The summed E-state index contributed by atoms with van der Waals surface area (Å²) >= 11 is 0. The lowest BCUT2D eigenvalue weighted by molar-refractivity contribution is -0.385. The molecule has 0 aliphatic rings. The first-order chi connectivity index (χ1) is 9.65. The first kappa shape index (κ1) is 20.7. The highest BCUT2D eigenvalue weighted by molar-refractivity contribution is 7.89. The predicted octanol–water partition coefficient (Wildman–Crippen LogP) is 1.81. The van der Waals surface area contributed by atoms with E-state index in [1.807, 2.05) is 13.8 Å². The normalized spacial score (nSPS) is 12.8. The number of hydrogen-bond acceptors (Lipinski definition) is 5. The molecule has 0 heterocycles. The van der Waals surface area contributed by atoms with Crippen molar-refractivity contribution in [3.8, 4) is 0 Å². The third-order valence-corrected chi connectivity index (χ3v) is 4.24. The van der Waals surface area contributed by atoms with Gasteiger partial charge in [-0.1, -0.05) is 13.8 Å². The molecule has 0 radical (unpaired) electrons. The van der Waals surface area contributed by atoms with Crippen molar-refractivity contribution >= 4 is 28.1 Å². The van der Waals surface area contributed by atoms with Gasteiger partial charge in [-0.15, -0.1) is 12.4 Å². The predicted molar refractivity (Wildman–Crippen MR) is 82.9 cm³/mol. The molecule has 1 unspecified atom stereocenters. The molecule has 0 aliphatic heterocycles. The Morgan fingerprint density at radius 3 is 2.41 bits per heavy atom. The minimum atomic E-state index is -4.07. The summed E-state index contributed by atoms with van der Waals surface area (Å²) in [6.07, 6.45) is 0.507. The van der Waals surface area contributed by atoms with Crippen LogP contribution in [-0.4, -0.2) is 25.9 Å². The Hall–Kier alpha value is -1.29. The van der Waals surface area contributed by atoms with Crippen molar-refractivity contribution in [3.63, 3.8) is 0 Å². The fourth-order valence-electron chi connectivity index (χ4n) is 1.86. The molecule has 22 heavy (non-hydrogen) atoms. The van der Waals surface area contributed by atoms with Gasteiger partial charge in [-0.05, 0) is 18.4 Å². The second kappa shape index (κ2) is 8.37. The monoisotopic (exact) mass is 355 g/mol. The molecular formula is C12H19ClFN3O4S. The van der Waals surface area contributed by atoms with Crippen LogP contribution in [0.3, 0.4) is 0 Å². The summed E-state index contributed by atoms with van der Waals surface area (Å²) in [5.74, 6) is -0.777. The van der Waals surface area contributed by atoms with Crippen LogP contribution in [0.4, 0.5) is 10.1 Å². The van der Waals surface area contributed by atoms with Gasteiger partial charge in [-0.2, -0.15) is 0 Å². The highest BCUT2D eigenvalue weighted by Gasteiger charge is 2.23. The molecule has 126 valence electrons. The molecule has 0 bridgehead atoms. The van der Waals surface area contributed by atoms with E-state index in [4.69, 9.17) is 5.73 Å². The van der Waals surface area contributed by atoms with E-state index in [0.29, 0.717) is 12.5 Å². The maximum atomic E-state index is 13.3. The smallest absolute Gasteiger partial charge is 0.273 e. The molecule has 3 N–H and O–H groups in total. The van der Waals surface area contributed by atoms with Gasteiger partial charge in [-0.25, -0.2) is 17.5 Å². The summed E-state index contributed by atoms with van der Waals surface area (Å²) in [5, 5.41) is 10.7. The number of nitro groups is 1. The highest BCUT2D eigenvalue weighted by atomic mass is 35.5. The largest absolute Gasteiger partial charge is 0.329 e. The zero-order chi connectivity index (χ0) is 16.2. The SMILES string of the molecule is CC(C)CC(CN)NS(=O)(=O)c1cc(F)cc([N+](=O)[O-])c1.Cl. The summed E-state index contributed by atoms with van der Waals surface area (Å²) in [5.41, 5.74) is 4.88. The summed E-state index contributed by atoms with van der Waals surface area (Å²) in [4.78, 5) is 9.32. The molecule has 1 rings (SSSR count). The number of nitrogens with two attached hydrogens (primary N) is 1. The van der Waals surface area contributed by atoms with Crippen LogP contribution in [0.15, 0.2) is 23.1 Å². The van der Waals surface area contributed by atoms with Gasteiger partial charge in [-0.3, -0.25) is 10.1 Å². The van der Waals surface area contributed by atoms with Gasteiger partial charge in [0.05, 0.1) is 15.9 Å². The van der Waals surface area contributed by atoms with E-state index < -0.39 is 37.4 Å². The van der Waals surface area contributed by atoms with E-state index in [-0.39, 0.29) is 24.9 Å². The molecule has 0 aliphatic carbocycles. The third kappa shape index (κ3) is 5.84. The van der Waals surface area contributed by atoms with Crippen LogP contribution >= 0.6 is 12.4 Å². The second-order valence-corrected chi connectivity index (χ2v) is 6.80. The van der Waals surface area contributed by atoms with Gasteiger partial charge in [0.1, 0.15) is 5.82 Å². The second-order valence-electron chi connectivity index (χ2n) is 5.09. The molecule has 1 atom stereocenters. The van der Waals surface area contributed by atoms with E-state index in [9.17, 15) is 22.9 Å². The van der Waals surface area contributed by atoms with Gasteiger partial charge < -0.3 is 5.73 Å². The summed E-state index contributed by atoms with van der Waals surface area (Å²) in [6, 6.07) is 1.69. The van der Waals surface area contributed by atoms with E-state index in [0.717, 1.165) is 12.1 Å². The van der Waals surface area contributed by atoms with Gasteiger partial charge in [0, 0.05) is 18.7 Å². The van der Waals surface area contributed by atoms with Crippen molar-refractivity contribution in [2.45, 2.75) is 31.2 Å². The maximum Gasteiger partial charge on any atom is 0.273 e.